The van der Waals surface area contributed by atoms with Gasteiger partial charge in [0.2, 0.25) is 0 Å². The minimum absolute atomic E-state index is 0.149. The maximum absolute atomic E-state index is 12.5. The molecule has 2 heterocycles. The van der Waals surface area contributed by atoms with Crippen molar-refractivity contribution in [3.63, 3.8) is 0 Å². The van der Waals surface area contributed by atoms with Crippen LogP contribution in [0.1, 0.15) is 5.69 Å². The maximum atomic E-state index is 12.5. The van der Waals surface area contributed by atoms with E-state index < -0.39 is 10.0 Å². The van der Waals surface area contributed by atoms with Crippen molar-refractivity contribution in [1.82, 2.24) is 15.0 Å². The van der Waals surface area contributed by atoms with E-state index in [1.807, 2.05) is 25.1 Å². The summed E-state index contributed by atoms with van der Waals surface area (Å²) < 4.78 is 27.5. The summed E-state index contributed by atoms with van der Waals surface area (Å²) in [6.45, 7) is 1.96. The minimum Gasteiger partial charge on any atom is -0.343 e. The lowest BCUT2D eigenvalue weighted by Gasteiger charge is -2.09. The molecule has 0 aliphatic carbocycles. The zero-order valence-corrected chi connectivity index (χ0v) is 15.8. The fraction of sp³-hybridized carbons (Fsp3) is 0.0526. The van der Waals surface area contributed by atoms with Crippen molar-refractivity contribution in [3.05, 3.63) is 71.6 Å². The number of anilines is 1. The molecule has 0 amide bonds. The van der Waals surface area contributed by atoms with Crippen molar-refractivity contribution < 1.29 is 8.42 Å². The molecule has 136 valence electrons. The number of H-pyrrole nitrogens is 1. The van der Waals surface area contributed by atoms with Gasteiger partial charge in [0.1, 0.15) is 12.0 Å². The third kappa shape index (κ3) is 3.51. The molecule has 0 saturated carbocycles. The Morgan fingerprint density at radius 2 is 1.70 bits per heavy atom. The number of aromatic nitrogens is 3. The third-order valence-electron chi connectivity index (χ3n) is 4.09. The van der Waals surface area contributed by atoms with Crippen molar-refractivity contribution in [2.75, 3.05) is 4.72 Å². The average Bonchev–Trinajstić information content (AvgIpc) is 3.02. The summed E-state index contributed by atoms with van der Waals surface area (Å²) >= 11 is 5.81. The summed E-state index contributed by atoms with van der Waals surface area (Å²) in [5.41, 5.74) is 3.89. The van der Waals surface area contributed by atoms with E-state index in [0.717, 1.165) is 28.0 Å². The van der Waals surface area contributed by atoms with Gasteiger partial charge in [-0.15, -0.1) is 0 Å². The van der Waals surface area contributed by atoms with Crippen LogP contribution in [0.15, 0.2) is 65.8 Å². The normalized spacial score (nSPS) is 11.6. The van der Waals surface area contributed by atoms with E-state index in [2.05, 4.69) is 19.7 Å². The van der Waals surface area contributed by atoms with Crippen molar-refractivity contribution in [2.24, 2.45) is 0 Å². The quantitative estimate of drug-likeness (QED) is 0.533. The molecule has 0 fully saturated rings. The molecule has 6 nitrogen and oxygen atoms in total. The maximum Gasteiger partial charge on any atom is 0.261 e. The Morgan fingerprint density at radius 1 is 1.00 bits per heavy atom. The number of benzene rings is 2. The first-order valence-corrected chi connectivity index (χ1v) is 9.98. The van der Waals surface area contributed by atoms with Gasteiger partial charge in [-0.25, -0.2) is 18.4 Å². The highest BCUT2D eigenvalue weighted by Crippen LogP contribution is 2.27. The lowest BCUT2D eigenvalue weighted by Crippen LogP contribution is -2.12. The smallest absolute Gasteiger partial charge is 0.261 e. The van der Waals surface area contributed by atoms with Gasteiger partial charge < -0.3 is 4.98 Å². The number of hydrogen-bond acceptors (Lipinski definition) is 4. The van der Waals surface area contributed by atoms with E-state index >= 15 is 0 Å². The van der Waals surface area contributed by atoms with Gasteiger partial charge in [-0.2, -0.15) is 0 Å². The van der Waals surface area contributed by atoms with Gasteiger partial charge in [0.05, 0.1) is 10.6 Å². The van der Waals surface area contributed by atoms with Gasteiger partial charge in [-0.05, 0) is 49.4 Å². The molecule has 0 saturated heterocycles. The van der Waals surface area contributed by atoms with Crippen LogP contribution in [-0.4, -0.2) is 23.4 Å². The Bertz CT molecular complexity index is 1220. The summed E-state index contributed by atoms with van der Waals surface area (Å²) in [6.07, 6.45) is 1.50. The van der Waals surface area contributed by atoms with Crippen LogP contribution in [-0.2, 0) is 10.0 Å². The lowest BCUT2D eigenvalue weighted by atomic mass is 10.1. The number of rotatable bonds is 4. The van der Waals surface area contributed by atoms with Crippen LogP contribution in [0.5, 0.6) is 0 Å². The molecule has 27 heavy (non-hydrogen) atoms. The number of sulfonamides is 1. The van der Waals surface area contributed by atoms with Crippen molar-refractivity contribution >= 4 is 38.3 Å². The first-order valence-electron chi connectivity index (χ1n) is 8.11. The van der Waals surface area contributed by atoms with Gasteiger partial charge in [-0.3, -0.25) is 4.72 Å². The zero-order chi connectivity index (χ0) is 19.0. The number of halogens is 1. The largest absolute Gasteiger partial charge is 0.343 e. The standard InChI is InChI=1S/C19H15ClN4O2S/c1-12-10-17-18(21-11-22-19(17)23-12)13-2-6-15(7-3-13)24-27(25,26)16-8-4-14(20)5-9-16/h2-11,24H,1H3,(H,21,22,23). The highest BCUT2D eigenvalue weighted by atomic mass is 35.5. The number of nitrogens with zero attached hydrogens (tertiary/aromatic N) is 2. The highest BCUT2D eigenvalue weighted by Gasteiger charge is 2.14. The van der Waals surface area contributed by atoms with Gasteiger partial charge in [-0.1, -0.05) is 23.7 Å². The highest BCUT2D eigenvalue weighted by molar-refractivity contribution is 7.92. The summed E-state index contributed by atoms with van der Waals surface area (Å²) in [5, 5.41) is 1.40. The Balaban J connectivity index is 1.63. The predicted octanol–water partition coefficient (Wildman–Crippen LogP) is 4.39. The monoisotopic (exact) mass is 398 g/mol. The summed E-state index contributed by atoms with van der Waals surface area (Å²) in [4.78, 5) is 11.9. The zero-order valence-electron chi connectivity index (χ0n) is 14.3. The molecule has 0 aliphatic rings. The molecular formula is C19H15ClN4O2S. The SMILES string of the molecule is Cc1cc2c(-c3ccc(NS(=O)(=O)c4ccc(Cl)cc4)cc3)ncnc2[nH]1. The van der Waals surface area contributed by atoms with E-state index in [-0.39, 0.29) is 4.90 Å². The molecule has 4 rings (SSSR count). The molecule has 0 radical (unpaired) electrons. The Morgan fingerprint density at radius 3 is 2.41 bits per heavy atom. The van der Waals surface area contributed by atoms with E-state index in [1.54, 1.807) is 24.3 Å². The van der Waals surface area contributed by atoms with Crippen LogP contribution in [0.25, 0.3) is 22.3 Å². The molecule has 0 spiro atoms. The van der Waals surface area contributed by atoms with Gasteiger partial charge in [0, 0.05) is 27.4 Å². The van der Waals surface area contributed by atoms with E-state index in [4.69, 9.17) is 11.6 Å². The van der Waals surface area contributed by atoms with Gasteiger partial charge in [0.15, 0.2) is 0 Å². The fourth-order valence-electron chi connectivity index (χ4n) is 2.83. The summed E-state index contributed by atoms with van der Waals surface area (Å²) in [6, 6.07) is 15.1. The van der Waals surface area contributed by atoms with Crippen LogP contribution < -0.4 is 4.72 Å². The first-order chi connectivity index (χ1) is 12.9. The molecule has 8 heteroatoms. The lowest BCUT2D eigenvalue weighted by molar-refractivity contribution is 0.601. The van der Waals surface area contributed by atoms with Crippen LogP contribution >= 0.6 is 11.6 Å². The molecule has 0 atom stereocenters. The number of fused-ring (bicyclic) bond motifs is 1. The number of hydrogen-bond donors (Lipinski definition) is 2. The Kier molecular flexibility index (Phi) is 4.33. The topological polar surface area (TPSA) is 87.7 Å². The predicted molar refractivity (Wildman–Crippen MR) is 106 cm³/mol. The Hall–Kier alpha value is -2.90. The van der Waals surface area contributed by atoms with E-state index in [1.165, 1.54) is 18.5 Å². The molecular weight excluding hydrogens is 384 g/mol. The van der Waals surface area contributed by atoms with Crippen LogP contribution in [0.2, 0.25) is 5.02 Å². The van der Waals surface area contributed by atoms with Crippen LogP contribution in [0, 0.1) is 6.92 Å². The second-order valence-electron chi connectivity index (χ2n) is 6.07. The number of aryl methyl sites for hydroxylation is 1. The van der Waals surface area contributed by atoms with E-state index in [0.29, 0.717) is 10.7 Å². The van der Waals surface area contributed by atoms with Crippen molar-refractivity contribution in [3.8, 4) is 11.3 Å². The van der Waals surface area contributed by atoms with Crippen molar-refractivity contribution in [1.29, 1.82) is 0 Å². The molecule has 2 N–H and O–H groups in total. The molecule has 0 bridgehead atoms. The van der Waals surface area contributed by atoms with Gasteiger partial charge in [0.25, 0.3) is 10.0 Å². The molecule has 2 aromatic carbocycles. The van der Waals surface area contributed by atoms with Crippen molar-refractivity contribution in [2.45, 2.75) is 11.8 Å². The Labute approximate surface area is 161 Å². The van der Waals surface area contributed by atoms with Gasteiger partial charge >= 0.3 is 0 Å². The van der Waals surface area contributed by atoms with Crippen LogP contribution in [0.3, 0.4) is 0 Å². The van der Waals surface area contributed by atoms with E-state index in [9.17, 15) is 8.42 Å². The average molecular weight is 399 g/mol. The second-order valence-corrected chi connectivity index (χ2v) is 8.19. The summed E-state index contributed by atoms with van der Waals surface area (Å²) in [5.74, 6) is 0. The number of nitrogens with one attached hydrogen (secondary N) is 2. The molecule has 0 unspecified atom stereocenters. The third-order valence-corrected chi connectivity index (χ3v) is 5.74. The first kappa shape index (κ1) is 17.5. The molecule has 4 aromatic rings. The fourth-order valence-corrected chi connectivity index (χ4v) is 4.01. The molecule has 0 aliphatic heterocycles. The summed E-state index contributed by atoms with van der Waals surface area (Å²) in [7, 11) is -3.68. The molecule has 2 aromatic heterocycles. The second kappa shape index (κ2) is 6.68. The number of aromatic amines is 1. The minimum atomic E-state index is -3.68. The van der Waals surface area contributed by atoms with Crippen LogP contribution in [0.4, 0.5) is 5.69 Å².